The van der Waals surface area contributed by atoms with Gasteiger partial charge in [-0.05, 0) is 91.9 Å². The van der Waals surface area contributed by atoms with E-state index in [1.54, 1.807) is 14.2 Å². The van der Waals surface area contributed by atoms with Gasteiger partial charge in [-0.1, -0.05) is 6.07 Å². The number of benzene rings is 2. The van der Waals surface area contributed by atoms with Crippen LogP contribution in [0.5, 0.6) is 11.5 Å². The van der Waals surface area contributed by atoms with Crippen LogP contribution in [0, 0.1) is 6.92 Å². The fourth-order valence-electron chi connectivity index (χ4n) is 4.55. The van der Waals surface area contributed by atoms with Gasteiger partial charge in [0.15, 0.2) is 5.11 Å². The quantitative estimate of drug-likeness (QED) is 0.382. The number of anilines is 1. The van der Waals surface area contributed by atoms with Crippen molar-refractivity contribution in [2.24, 2.45) is 0 Å². The number of hydrogen-bond acceptors (Lipinski definition) is 4. The first-order valence-corrected chi connectivity index (χ1v) is 11.5. The van der Waals surface area contributed by atoms with E-state index >= 15 is 0 Å². The molecular weight excluding hydrogens is 444 g/mol. The minimum atomic E-state index is -0.123. The Morgan fingerprint density at radius 1 is 0.824 bits per heavy atom. The van der Waals surface area contributed by atoms with Crippen LogP contribution < -0.4 is 19.7 Å². The second-order valence-corrected chi connectivity index (χ2v) is 8.51. The highest BCUT2D eigenvalue weighted by Crippen LogP contribution is 2.43. The minimum absolute atomic E-state index is 0.119. The molecule has 1 aliphatic heterocycles. The number of aromatic nitrogens is 2. The van der Waals surface area contributed by atoms with Gasteiger partial charge in [-0.2, -0.15) is 0 Å². The molecule has 7 heteroatoms. The van der Waals surface area contributed by atoms with E-state index in [1.165, 1.54) is 0 Å². The summed E-state index contributed by atoms with van der Waals surface area (Å²) in [7, 11) is 3.35. The van der Waals surface area contributed by atoms with Gasteiger partial charge in [0.2, 0.25) is 0 Å². The third-order valence-electron chi connectivity index (χ3n) is 6.19. The maximum Gasteiger partial charge on any atom is 0.174 e. The molecule has 2 atom stereocenters. The van der Waals surface area contributed by atoms with E-state index in [0.29, 0.717) is 5.11 Å². The molecule has 0 spiro atoms. The molecule has 0 bridgehead atoms. The molecule has 5 rings (SSSR count). The summed E-state index contributed by atoms with van der Waals surface area (Å²) in [6.45, 7) is 2.11. The third kappa shape index (κ3) is 3.88. The van der Waals surface area contributed by atoms with Crippen molar-refractivity contribution in [3.05, 3.63) is 102 Å². The lowest BCUT2D eigenvalue weighted by molar-refractivity contribution is 0.414. The molecule has 4 aromatic rings. The molecule has 3 heterocycles. The average Bonchev–Trinajstić information content (AvgIpc) is 3.44. The Morgan fingerprint density at radius 3 is 2.06 bits per heavy atom. The lowest BCUT2D eigenvalue weighted by Gasteiger charge is -2.29. The highest BCUT2D eigenvalue weighted by Gasteiger charge is 2.42. The van der Waals surface area contributed by atoms with Gasteiger partial charge in [-0.3, -0.25) is 4.98 Å². The van der Waals surface area contributed by atoms with Crippen molar-refractivity contribution >= 4 is 23.0 Å². The van der Waals surface area contributed by atoms with Crippen molar-refractivity contribution in [3.8, 4) is 17.2 Å². The summed E-state index contributed by atoms with van der Waals surface area (Å²) in [4.78, 5) is 6.83. The van der Waals surface area contributed by atoms with Gasteiger partial charge in [0, 0.05) is 29.0 Å². The monoisotopic (exact) mass is 470 g/mol. The Kier molecular flexibility index (Phi) is 5.94. The Bertz CT molecular complexity index is 1290. The fraction of sp³-hybridized carbons (Fsp3) is 0.185. The van der Waals surface area contributed by atoms with E-state index in [9.17, 15) is 0 Å². The maximum absolute atomic E-state index is 5.87. The van der Waals surface area contributed by atoms with Crippen LogP contribution in [-0.4, -0.2) is 28.9 Å². The summed E-state index contributed by atoms with van der Waals surface area (Å²) >= 11 is 5.87. The topological polar surface area (TPSA) is 51.5 Å². The van der Waals surface area contributed by atoms with Crippen LogP contribution in [0.25, 0.3) is 5.69 Å². The van der Waals surface area contributed by atoms with Crippen molar-refractivity contribution in [1.29, 1.82) is 0 Å². The molecule has 0 unspecified atom stereocenters. The summed E-state index contributed by atoms with van der Waals surface area (Å²) < 4.78 is 13.0. The second-order valence-electron chi connectivity index (χ2n) is 8.13. The smallest absolute Gasteiger partial charge is 0.174 e. The number of thiocarbonyl (C=S) groups is 1. The third-order valence-corrected chi connectivity index (χ3v) is 6.50. The number of nitrogens with zero attached hydrogens (tertiary/aromatic N) is 3. The van der Waals surface area contributed by atoms with Gasteiger partial charge in [0.05, 0.1) is 26.0 Å². The van der Waals surface area contributed by atoms with Crippen LogP contribution >= 0.6 is 12.2 Å². The Labute approximate surface area is 204 Å². The average molecular weight is 471 g/mol. The molecule has 0 aliphatic carbocycles. The van der Waals surface area contributed by atoms with Crippen LogP contribution in [0.15, 0.2) is 85.1 Å². The number of rotatable bonds is 6. The molecule has 6 nitrogen and oxygen atoms in total. The summed E-state index contributed by atoms with van der Waals surface area (Å²) in [5.74, 6) is 1.63. The number of methoxy groups -OCH3 is 2. The summed E-state index contributed by atoms with van der Waals surface area (Å²) in [6, 6.07) is 26.1. The van der Waals surface area contributed by atoms with Crippen molar-refractivity contribution in [1.82, 2.24) is 14.9 Å². The SMILES string of the molecule is COc1ccc(N2C(=S)N[C@@H](c3ccccn3)[C@@H]2c2ccc(C)n2-c2ccc(OC)cc2)cc1. The zero-order chi connectivity index (χ0) is 23.7. The maximum atomic E-state index is 5.87. The second kappa shape index (κ2) is 9.19. The van der Waals surface area contributed by atoms with E-state index in [1.807, 2.05) is 60.8 Å². The van der Waals surface area contributed by atoms with Crippen molar-refractivity contribution < 1.29 is 9.47 Å². The highest BCUT2D eigenvalue weighted by atomic mass is 32.1. The summed E-state index contributed by atoms with van der Waals surface area (Å²) in [6.07, 6.45) is 1.82. The molecule has 2 aromatic carbocycles. The van der Waals surface area contributed by atoms with Gasteiger partial charge in [0.1, 0.15) is 17.5 Å². The van der Waals surface area contributed by atoms with Gasteiger partial charge >= 0.3 is 0 Å². The van der Waals surface area contributed by atoms with Gasteiger partial charge in [-0.15, -0.1) is 0 Å². The van der Waals surface area contributed by atoms with Crippen LogP contribution in [0.4, 0.5) is 5.69 Å². The minimum Gasteiger partial charge on any atom is -0.497 e. The first-order valence-electron chi connectivity index (χ1n) is 11.1. The van der Waals surface area contributed by atoms with Crippen LogP contribution in [0.2, 0.25) is 0 Å². The molecule has 2 aromatic heterocycles. The first kappa shape index (κ1) is 22.0. The van der Waals surface area contributed by atoms with Crippen LogP contribution in [-0.2, 0) is 0 Å². The largest absolute Gasteiger partial charge is 0.497 e. The number of nitrogens with one attached hydrogen (secondary N) is 1. The lowest BCUT2D eigenvalue weighted by Crippen LogP contribution is -2.30. The van der Waals surface area contributed by atoms with Crippen molar-refractivity contribution in [3.63, 3.8) is 0 Å². The molecular formula is C27H26N4O2S. The molecule has 0 amide bonds. The number of ether oxygens (including phenoxy) is 2. The normalized spacial score (nSPS) is 17.5. The molecule has 1 aliphatic rings. The molecule has 1 saturated heterocycles. The molecule has 0 radical (unpaired) electrons. The van der Waals surface area contributed by atoms with E-state index in [-0.39, 0.29) is 12.1 Å². The van der Waals surface area contributed by atoms with Gasteiger partial charge < -0.3 is 24.3 Å². The molecule has 172 valence electrons. The zero-order valence-electron chi connectivity index (χ0n) is 19.3. The molecule has 34 heavy (non-hydrogen) atoms. The van der Waals surface area contributed by atoms with Gasteiger partial charge in [-0.25, -0.2) is 0 Å². The molecule has 1 N–H and O–H groups in total. The predicted molar refractivity (Wildman–Crippen MR) is 138 cm³/mol. The molecule has 1 fully saturated rings. The standard InChI is InChI=1S/C27H26N4O2S/c1-18-7-16-24(30(18)19-8-12-21(32-2)13-9-19)26-25(23-6-4-5-17-28-23)29-27(34)31(26)20-10-14-22(33-3)15-11-20/h4-17,25-26H,1-3H3,(H,29,34)/t25-,26-/m0/s1. The fourth-order valence-corrected chi connectivity index (χ4v) is 4.90. The Hall–Kier alpha value is -3.84. The Morgan fingerprint density at radius 2 is 1.47 bits per heavy atom. The van der Waals surface area contributed by atoms with Crippen LogP contribution in [0.1, 0.15) is 29.2 Å². The van der Waals surface area contributed by atoms with Gasteiger partial charge in [0.25, 0.3) is 0 Å². The van der Waals surface area contributed by atoms with Crippen LogP contribution in [0.3, 0.4) is 0 Å². The van der Waals surface area contributed by atoms with E-state index < -0.39 is 0 Å². The zero-order valence-corrected chi connectivity index (χ0v) is 20.1. The van der Waals surface area contributed by atoms with E-state index in [2.05, 4.69) is 51.0 Å². The first-order chi connectivity index (χ1) is 16.6. The lowest BCUT2D eigenvalue weighted by atomic mass is 10.0. The van der Waals surface area contributed by atoms with E-state index in [0.717, 1.165) is 40.0 Å². The summed E-state index contributed by atoms with van der Waals surface area (Å²) in [5, 5.41) is 4.19. The molecule has 0 saturated carbocycles. The number of hydrogen-bond donors (Lipinski definition) is 1. The Balaban J connectivity index is 1.66. The number of pyridine rings is 1. The predicted octanol–water partition coefficient (Wildman–Crippen LogP) is 5.38. The number of aryl methyl sites for hydroxylation is 1. The van der Waals surface area contributed by atoms with Crippen molar-refractivity contribution in [2.75, 3.05) is 19.1 Å². The summed E-state index contributed by atoms with van der Waals surface area (Å²) in [5.41, 5.74) is 5.23. The highest BCUT2D eigenvalue weighted by molar-refractivity contribution is 7.80. The van der Waals surface area contributed by atoms with E-state index in [4.69, 9.17) is 21.7 Å². The van der Waals surface area contributed by atoms with Crippen molar-refractivity contribution in [2.45, 2.75) is 19.0 Å².